The maximum Gasteiger partial charge on any atom is 0.314 e. The second-order valence-corrected chi connectivity index (χ2v) is 5.75. The lowest BCUT2D eigenvalue weighted by Crippen LogP contribution is -2.01. The number of fused-ring (bicyclic) bond motifs is 1. The van der Waals surface area contributed by atoms with Gasteiger partial charge in [-0.05, 0) is 36.4 Å². The molecule has 20 heavy (non-hydrogen) atoms. The van der Waals surface area contributed by atoms with E-state index >= 15 is 0 Å². The van der Waals surface area contributed by atoms with Crippen LogP contribution in [0.15, 0.2) is 47.6 Å². The van der Waals surface area contributed by atoms with E-state index in [2.05, 4.69) is 41.2 Å². The highest BCUT2D eigenvalue weighted by atomic mass is 32.2. The lowest BCUT2D eigenvalue weighted by atomic mass is 10.2. The van der Waals surface area contributed by atoms with E-state index in [9.17, 15) is 0 Å². The van der Waals surface area contributed by atoms with Crippen molar-refractivity contribution in [3.8, 4) is 5.75 Å². The molecule has 0 saturated heterocycles. The summed E-state index contributed by atoms with van der Waals surface area (Å²) in [5, 5.41) is 1.06. The fourth-order valence-electron chi connectivity index (χ4n) is 2.05. The lowest BCUT2D eigenvalue weighted by molar-refractivity contribution is -0.396. The first-order valence-corrected chi connectivity index (χ1v) is 7.50. The van der Waals surface area contributed by atoms with Gasteiger partial charge in [0.2, 0.25) is 0 Å². The summed E-state index contributed by atoms with van der Waals surface area (Å²) in [6.45, 7) is 2.11. The van der Waals surface area contributed by atoms with E-state index in [1.807, 2.05) is 18.2 Å². The molecule has 2 N–H and O–H groups in total. The molecule has 0 aliphatic rings. The number of benzene rings is 2. The second kappa shape index (κ2) is 5.59. The Morgan fingerprint density at radius 2 is 1.95 bits per heavy atom. The van der Waals surface area contributed by atoms with Crippen molar-refractivity contribution in [1.29, 1.82) is 0 Å². The van der Waals surface area contributed by atoms with Crippen LogP contribution in [-0.4, -0.2) is 12.1 Å². The van der Waals surface area contributed by atoms with Crippen LogP contribution in [0.2, 0.25) is 0 Å². The van der Waals surface area contributed by atoms with Crippen molar-refractivity contribution in [2.24, 2.45) is 0 Å². The predicted molar refractivity (Wildman–Crippen MR) is 82.1 cm³/mol. The van der Waals surface area contributed by atoms with E-state index in [0.29, 0.717) is 0 Å². The SMILES string of the molecule is COc1ccc2[nH+]c(SCc3ccc(C)cc3)[nH]c2c1. The van der Waals surface area contributed by atoms with Crippen LogP contribution in [0.4, 0.5) is 0 Å². The van der Waals surface area contributed by atoms with E-state index in [1.165, 1.54) is 11.1 Å². The molecule has 3 nitrogen and oxygen atoms in total. The van der Waals surface area contributed by atoms with Gasteiger partial charge >= 0.3 is 5.16 Å². The van der Waals surface area contributed by atoms with Crippen molar-refractivity contribution < 1.29 is 9.72 Å². The molecule has 0 aliphatic carbocycles. The molecule has 0 unspecified atom stereocenters. The fourth-order valence-corrected chi connectivity index (χ4v) is 2.92. The minimum atomic E-state index is 0.864. The molecule has 0 aliphatic heterocycles. The number of hydrogen-bond donors (Lipinski definition) is 1. The standard InChI is InChI=1S/C16H16N2OS/c1-11-3-5-12(6-4-11)10-20-16-17-14-8-7-13(19-2)9-15(14)18-16/h3-9H,10H2,1-2H3,(H,17,18)/p+1. The largest absolute Gasteiger partial charge is 0.497 e. The number of H-pyrrole nitrogens is 2. The van der Waals surface area contributed by atoms with Gasteiger partial charge in [0.05, 0.1) is 7.11 Å². The molecule has 3 aromatic rings. The van der Waals surface area contributed by atoms with Gasteiger partial charge in [-0.2, -0.15) is 0 Å². The highest BCUT2D eigenvalue weighted by Crippen LogP contribution is 2.22. The Kier molecular flexibility index (Phi) is 3.65. The summed E-state index contributed by atoms with van der Waals surface area (Å²) in [5.41, 5.74) is 4.78. The number of imidazole rings is 1. The Morgan fingerprint density at radius 3 is 2.70 bits per heavy atom. The number of hydrogen-bond acceptors (Lipinski definition) is 2. The Labute approximate surface area is 122 Å². The maximum atomic E-state index is 5.23. The van der Waals surface area contributed by atoms with Gasteiger partial charge in [0.25, 0.3) is 0 Å². The monoisotopic (exact) mass is 285 g/mol. The molecule has 3 rings (SSSR count). The number of methoxy groups -OCH3 is 1. The zero-order valence-electron chi connectivity index (χ0n) is 11.6. The van der Waals surface area contributed by atoms with Gasteiger partial charge in [-0.1, -0.05) is 29.8 Å². The number of aryl methyl sites for hydroxylation is 1. The highest BCUT2D eigenvalue weighted by Gasteiger charge is 2.11. The Bertz CT molecular complexity index is 719. The first kappa shape index (κ1) is 13.1. The summed E-state index contributed by atoms with van der Waals surface area (Å²) in [6, 6.07) is 14.6. The number of aromatic amines is 2. The second-order valence-electron chi connectivity index (χ2n) is 4.76. The van der Waals surface area contributed by atoms with Gasteiger partial charge in [0.15, 0.2) is 11.0 Å². The summed E-state index contributed by atoms with van der Waals surface area (Å²) in [7, 11) is 1.68. The van der Waals surface area contributed by atoms with Gasteiger partial charge in [0, 0.05) is 11.8 Å². The van der Waals surface area contributed by atoms with Crippen LogP contribution >= 0.6 is 11.8 Å². The van der Waals surface area contributed by atoms with Crippen molar-refractivity contribution in [3.63, 3.8) is 0 Å². The average molecular weight is 285 g/mol. The van der Waals surface area contributed by atoms with Crippen LogP contribution in [-0.2, 0) is 5.75 Å². The topological polar surface area (TPSA) is 39.2 Å². The van der Waals surface area contributed by atoms with Crippen LogP contribution in [0, 0.1) is 6.92 Å². The van der Waals surface area contributed by atoms with Crippen LogP contribution in [0.5, 0.6) is 5.75 Å². The number of thioether (sulfide) groups is 1. The first-order valence-electron chi connectivity index (χ1n) is 6.52. The molecular weight excluding hydrogens is 268 g/mol. The molecule has 0 saturated carbocycles. The van der Waals surface area contributed by atoms with E-state index in [-0.39, 0.29) is 0 Å². The predicted octanol–water partition coefficient (Wildman–Crippen LogP) is 3.59. The minimum Gasteiger partial charge on any atom is -0.497 e. The molecule has 4 heteroatoms. The maximum absolute atomic E-state index is 5.23. The summed E-state index contributed by atoms with van der Waals surface area (Å²) in [5.74, 6) is 1.81. The van der Waals surface area contributed by atoms with E-state index in [1.54, 1.807) is 18.9 Å². The molecular formula is C16H17N2OS+. The third kappa shape index (κ3) is 2.80. The first-order chi connectivity index (χ1) is 9.74. The summed E-state index contributed by atoms with van der Waals surface area (Å²) in [6.07, 6.45) is 0. The van der Waals surface area contributed by atoms with Gasteiger partial charge in [0.1, 0.15) is 5.75 Å². The molecule has 1 aromatic heterocycles. The molecule has 2 aromatic carbocycles. The summed E-state index contributed by atoms with van der Waals surface area (Å²) in [4.78, 5) is 6.76. The van der Waals surface area contributed by atoms with Crippen molar-refractivity contribution in [2.75, 3.05) is 7.11 Å². The Hall–Kier alpha value is -1.94. The minimum absolute atomic E-state index is 0.864. The Balaban J connectivity index is 1.75. The van der Waals surface area contributed by atoms with Crippen LogP contribution in [0.1, 0.15) is 11.1 Å². The van der Waals surface area contributed by atoms with E-state index < -0.39 is 0 Å². The van der Waals surface area contributed by atoms with Crippen LogP contribution in [0.25, 0.3) is 11.0 Å². The zero-order valence-corrected chi connectivity index (χ0v) is 12.4. The van der Waals surface area contributed by atoms with Gasteiger partial charge < -0.3 is 4.74 Å². The Morgan fingerprint density at radius 1 is 1.15 bits per heavy atom. The molecule has 0 amide bonds. The molecule has 102 valence electrons. The van der Waals surface area contributed by atoms with E-state index in [4.69, 9.17) is 4.74 Å². The highest BCUT2D eigenvalue weighted by molar-refractivity contribution is 7.98. The van der Waals surface area contributed by atoms with Gasteiger partial charge in [-0.15, -0.1) is 0 Å². The van der Waals surface area contributed by atoms with Gasteiger partial charge in [-0.25, -0.2) is 9.97 Å². The summed E-state index contributed by atoms with van der Waals surface area (Å²) < 4.78 is 5.23. The van der Waals surface area contributed by atoms with Gasteiger partial charge in [-0.3, -0.25) is 0 Å². The third-order valence-corrected chi connectivity index (χ3v) is 4.20. The molecule has 0 spiro atoms. The molecule has 0 atom stereocenters. The smallest absolute Gasteiger partial charge is 0.314 e. The van der Waals surface area contributed by atoms with Crippen LogP contribution < -0.4 is 9.72 Å². The van der Waals surface area contributed by atoms with Crippen molar-refractivity contribution >= 4 is 22.8 Å². The number of aromatic nitrogens is 2. The zero-order chi connectivity index (χ0) is 13.9. The fraction of sp³-hybridized carbons (Fsp3) is 0.188. The third-order valence-electron chi connectivity index (χ3n) is 3.23. The molecule has 0 radical (unpaired) electrons. The lowest BCUT2D eigenvalue weighted by Gasteiger charge is -1.97. The normalized spacial score (nSPS) is 10.9. The quantitative estimate of drug-likeness (QED) is 0.744. The van der Waals surface area contributed by atoms with Crippen molar-refractivity contribution in [1.82, 2.24) is 4.98 Å². The number of rotatable bonds is 4. The average Bonchev–Trinajstić information content (AvgIpc) is 2.88. The van der Waals surface area contributed by atoms with Crippen molar-refractivity contribution in [3.05, 3.63) is 53.6 Å². The molecule has 1 heterocycles. The molecule has 0 bridgehead atoms. The van der Waals surface area contributed by atoms with E-state index in [0.717, 1.165) is 27.7 Å². The number of ether oxygens (including phenoxy) is 1. The molecule has 0 fully saturated rings. The van der Waals surface area contributed by atoms with Crippen LogP contribution in [0.3, 0.4) is 0 Å². The number of nitrogens with one attached hydrogen (secondary N) is 2. The summed E-state index contributed by atoms with van der Waals surface area (Å²) >= 11 is 1.77. The van der Waals surface area contributed by atoms with Crippen molar-refractivity contribution in [2.45, 2.75) is 17.8 Å².